The molecule has 1 aliphatic heterocycles. The summed E-state index contributed by atoms with van der Waals surface area (Å²) in [6, 6.07) is 10.1. The Morgan fingerprint density at radius 3 is 2.42 bits per heavy atom. The van der Waals surface area contributed by atoms with Gasteiger partial charge in [0.05, 0.1) is 7.11 Å². The van der Waals surface area contributed by atoms with E-state index in [-0.39, 0.29) is 29.9 Å². The van der Waals surface area contributed by atoms with Gasteiger partial charge in [-0.2, -0.15) is 0 Å². The molecule has 7 heteroatoms. The maximum atomic E-state index is 11.7. The van der Waals surface area contributed by atoms with Gasteiger partial charge in [-0.1, -0.05) is 43.7 Å². The van der Waals surface area contributed by atoms with Crippen molar-refractivity contribution >= 4 is 18.3 Å². The lowest BCUT2D eigenvalue weighted by Crippen LogP contribution is -2.37. The maximum Gasteiger partial charge on any atom is 0.407 e. The third kappa shape index (κ3) is 10.8. The van der Waals surface area contributed by atoms with Crippen LogP contribution in [-0.2, 0) is 19.1 Å². The van der Waals surface area contributed by atoms with Gasteiger partial charge in [0.15, 0.2) is 0 Å². The SMILES string of the molecule is CCC(C=O)CCCCNC(=O)OC(C)(C)C.COC(=O)[C@@H]1[C@H](c2ccccc2)CCN1C. The van der Waals surface area contributed by atoms with Crippen LogP contribution in [0.15, 0.2) is 30.3 Å². The van der Waals surface area contributed by atoms with Gasteiger partial charge in [-0.05, 0) is 65.6 Å². The fourth-order valence-corrected chi connectivity index (χ4v) is 3.87. The monoisotopic (exact) mass is 462 g/mol. The zero-order valence-corrected chi connectivity index (χ0v) is 21.1. The van der Waals surface area contributed by atoms with Crippen molar-refractivity contribution in [3.8, 4) is 0 Å². The van der Waals surface area contributed by atoms with Gasteiger partial charge in [0.2, 0.25) is 0 Å². The van der Waals surface area contributed by atoms with E-state index in [1.807, 2.05) is 52.9 Å². The minimum Gasteiger partial charge on any atom is -0.468 e. The van der Waals surface area contributed by atoms with Gasteiger partial charge in [0, 0.05) is 18.4 Å². The number of hydrogen-bond acceptors (Lipinski definition) is 6. The van der Waals surface area contributed by atoms with Crippen LogP contribution < -0.4 is 5.32 Å². The van der Waals surface area contributed by atoms with Crippen LogP contribution in [0.5, 0.6) is 0 Å². The molecule has 1 N–H and O–H groups in total. The number of likely N-dealkylation sites (N-methyl/N-ethyl adjacent to an activating group) is 1. The van der Waals surface area contributed by atoms with E-state index >= 15 is 0 Å². The molecule has 0 bridgehead atoms. The van der Waals surface area contributed by atoms with Gasteiger partial charge in [-0.3, -0.25) is 9.69 Å². The Morgan fingerprint density at radius 1 is 1.21 bits per heavy atom. The van der Waals surface area contributed by atoms with Crippen molar-refractivity contribution < 1.29 is 23.9 Å². The van der Waals surface area contributed by atoms with Crippen LogP contribution in [-0.4, -0.2) is 62.1 Å². The molecule has 186 valence electrons. The van der Waals surface area contributed by atoms with Crippen LogP contribution in [0, 0.1) is 5.92 Å². The molecule has 2 rings (SSSR count). The predicted molar refractivity (Wildman–Crippen MR) is 130 cm³/mol. The van der Waals surface area contributed by atoms with Crippen LogP contribution in [0.3, 0.4) is 0 Å². The lowest BCUT2D eigenvalue weighted by molar-refractivity contribution is -0.145. The quantitative estimate of drug-likeness (QED) is 0.329. The number of rotatable bonds is 9. The number of hydrogen-bond donors (Lipinski definition) is 1. The Morgan fingerprint density at radius 2 is 1.88 bits per heavy atom. The average molecular weight is 463 g/mol. The van der Waals surface area contributed by atoms with E-state index in [0.717, 1.165) is 44.9 Å². The fourth-order valence-electron chi connectivity index (χ4n) is 3.87. The van der Waals surface area contributed by atoms with E-state index in [0.29, 0.717) is 6.54 Å². The summed E-state index contributed by atoms with van der Waals surface area (Å²) in [6.45, 7) is 9.06. The molecule has 0 aliphatic carbocycles. The predicted octanol–water partition coefficient (Wildman–Crippen LogP) is 4.55. The third-order valence-corrected chi connectivity index (χ3v) is 5.71. The van der Waals surface area contributed by atoms with Crippen molar-refractivity contribution in [1.29, 1.82) is 0 Å². The number of carbonyl (C=O) groups excluding carboxylic acids is 3. The zero-order valence-electron chi connectivity index (χ0n) is 21.1. The highest BCUT2D eigenvalue weighted by atomic mass is 16.6. The van der Waals surface area contributed by atoms with Gasteiger partial charge < -0.3 is 19.6 Å². The Hall–Kier alpha value is -2.41. The second-order valence-corrected chi connectivity index (χ2v) is 9.48. The first-order valence-electron chi connectivity index (χ1n) is 11.9. The molecule has 1 aromatic carbocycles. The first kappa shape index (κ1) is 28.6. The molecule has 0 radical (unpaired) electrons. The standard InChI is InChI=1S/C13H25NO3.C13H17NO2/c1-5-11(10-15)8-6-7-9-14-12(16)17-13(2,3)4;1-14-9-8-11(12(14)13(15)16-2)10-6-4-3-5-7-10/h10-11H,5-9H2,1-4H3,(H,14,16);3-7,11-12H,8-9H2,1-2H3/t;11-,12-/m.0/s1. The number of alkyl carbamates (subject to hydrolysis) is 1. The fraction of sp³-hybridized carbons (Fsp3) is 0.654. The molecular formula is C26H42N2O5. The maximum absolute atomic E-state index is 11.7. The number of carbonyl (C=O) groups is 3. The van der Waals surface area contributed by atoms with Crippen LogP contribution >= 0.6 is 0 Å². The largest absolute Gasteiger partial charge is 0.468 e. The highest BCUT2D eigenvalue weighted by Crippen LogP contribution is 2.32. The van der Waals surface area contributed by atoms with E-state index < -0.39 is 5.60 Å². The molecule has 1 aromatic rings. The van der Waals surface area contributed by atoms with Gasteiger partial charge in [-0.25, -0.2) is 4.79 Å². The van der Waals surface area contributed by atoms with Crippen LogP contribution in [0.1, 0.15) is 71.3 Å². The Kier molecular flexibility index (Phi) is 12.7. The number of likely N-dealkylation sites (tertiary alicyclic amines) is 1. The lowest BCUT2D eigenvalue weighted by Gasteiger charge is -2.22. The number of benzene rings is 1. The topological polar surface area (TPSA) is 84.9 Å². The Labute approximate surface area is 199 Å². The molecule has 3 atom stereocenters. The Balaban J connectivity index is 0.000000330. The van der Waals surface area contributed by atoms with Crippen molar-refractivity contribution in [3.05, 3.63) is 35.9 Å². The van der Waals surface area contributed by atoms with Crippen molar-refractivity contribution in [2.24, 2.45) is 5.92 Å². The summed E-state index contributed by atoms with van der Waals surface area (Å²) in [5.74, 6) is 0.295. The number of nitrogens with one attached hydrogen (secondary N) is 1. The summed E-state index contributed by atoms with van der Waals surface area (Å²) in [4.78, 5) is 35.7. The normalized spacial score (nSPS) is 19.1. The highest BCUT2D eigenvalue weighted by molar-refractivity contribution is 5.77. The summed E-state index contributed by atoms with van der Waals surface area (Å²) in [7, 11) is 3.43. The Bertz CT molecular complexity index is 717. The molecule has 1 saturated heterocycles. The molecule has 1 aliphatic rings. The summed E-state index contributed by atoms with van der Waals surface area (Å²) in [5.41, 5.74) is 0.775. The second kappa shape index (κ2) is 14.7. The van der Waals surface area contributed by atoms with Gasteiger partial charge in [-0.15, -0.1) is 0 Å². The second-order valence-electron chi connectivity index (χ2n) is 9.48. The number of unbranched alkanes of at least 4 members (excludes halogenated alkanes) is 1. The van der Waals surface area contributed by atoms with Gasteiger partial charge in [0.1, 0.15) is 17.9 Å². The number of methoxy groups -OCH3 is 1. The van der Waals surface area contributed by atoms with Crippen LogP contribution in [0.4, 0.5) is 4.79 Å². The zero-order chi connectivity index (χ0) is 24.9. The summed E-state index contributed by atoms with van der Waals surface area (Å²) >= 11 is 0. The van der Waals surface area contributed by atoms with E-state index in [4.69, 9.17) is 9.47 Å². The molecule has 1 amide bonds. The molecule has 1 heterocycles. The molecule has 0 saturated carbocycles. The molecule has 0 spiro atoms. The minimum absolute atomic E-state index is 0.131. The first-order chi connectivity index (χ1) is 15.6. The third-order valence-electron chi connectivity index (χ3n) is 5.71. The van der Waals surface area contributed by atoms with Gasteiger partial charge in [0.25, 0.3) is 0 Å². The summed E-state index contributed by atoms with van der Waals surface area (Å²) in [5, 5.41) is 2.70. The van der Waals surface area contributed by atoms with Crippen molar-refractivity contribution in [1.82, 2.24) is 10.2 Å². The summed E-state index contributed by atoms with van der Waals surface area (Å²) < 4.78 is 9.98. The number of esters is 1. The van der Waals surface area contributed by atoms with Gasteiger partial charge >= 0.3 is 12.1 Å². The average Bonchev–Trinajstić information content (AvgIpc) is 3.17. The molecule has 1 fully saturated rings. The van der Waals surface area contributed by atoms with Crippen LogP contribution in [0.2, 0.25) is 0 Å². The number of nitrogens with zero attached hydrogens (tertiary/aromatic N) is 1. The number of ether oxygens (including phenoxy) is 2. The van der Waals surface area contributed by atoms with E-state index in [9.17, 15) is 14.4 Å². The lowest BCUT2D eigenvalue weighted by atomic mass is 9.92. The first-order valence-corrected chi connectivity index (χ1v) is 11.9. The molecule has 33 heavy (non-hydrogen) atoms. The highest BCUT2D eigenvalue weighted by Gasteiger charge is 2.38. The smallest absolute Gasteiger partial charge is 0.407 e. The molecule has 0 aromatic heterocycles. The number of aldehydes is 1. The number of amides is 1. The van der Waals surface area contributed by atoms with Crippen molar-refractivity contribution in [2.45, 2.75) is 77.4 Å². The molecule has 7 nitrogen and oxygen atoms in total. The van der Waals surface area contributed by atoms with Crippen molar-refractivity contribution in [3.63, 3.8) is 0 Å². The molecular weight excluding hydrogens is 420 g/mol. The van der Waals surface area contributed by atoms with E-state index in [1.165, 1.54) is 12.7 Å². The van der Waals surface area contributed by atoms with Crippen LogP contribution in [0.25, 0.3) is 0 Å². The minimum atomic E-state index is -0.449. The van der Waals surface area contributed by atoms with Crippen molar-refractivity contribution in [2.75, 3.05) is 27.2 Å². The van der Waals surface area contributed by atoms with E-state index in [2.05, 4.69) is 22.3 Å². The summed E-state index contributed by atoms with van der Waals surface area (Å²) in [6.07, 6.45) is 5.27. The van der Waals surface area contributed by atoms with E-state index in [1.54, 1.807) is 0 Å². The molecule has 1 unspecified atom stereocenters.